The molecule has 172 valence electrons. The number of guanidine groups is 1. The summed E-state index contributed by atoms with van der Waals surface area (Å²) < 4.78 is 38.6. The van der Waals surface area contributed by atoms with Gasteiger partial charge in [-0.25, -0.2) is 0 Å². The fourth-order valence-corrected chi connectivity index (χ4v) is 4.77. The van der Waals surface area contributed by atoms with Crippen LogP contribution in [0, 0.1) is 6.92 Å². The van der Waals surface area contributed by atoms with Crippen molar-refractivity contribution in [2.75, 3.05) is 26.2 Å². The average Bonchev–Trinajstić information content (AvgIpc) is 3.27. The number of hydrogen-bond acceptors (Lipinski definition) is 4. The van der Waals surface area contributed by atoms with Gasteiger partial charge in [-0.15, -0.1) is 0 Å². The molecule has 0 spiro atoms. The van der Waals surface area contributed by atoms with Gasteiger partial charge in [0.05, 0.1) is 24.2 Å². The molecule has 0 radical (unpaired) electrons. The highest BCUT2D eigenvalue weighted by Crippen LogP contribution is 2.33. The van der Waals surface area contributed by atoms with E-state index in [0.29, 0.717) is 26.2 Å². The lowest BCUT2D eigenvalue weighted by Crippen LogP contribution is -2.53. The van der Waals surface area contributed by atoms with E-state index in [4.69, 9.17) is 0 Å². The third-order valence-electron chi connectivity index (χ3n) is 6.56. The Hall–Kier alpha value is -3.13. The smallest absolute Gasteiger partial charge is 0.314 e. The highest BCUT2D eigenvalue weighted by Gasteiger charge is 2.41. The van der Waals surface area contributed by atoms with Gasteiger partial charge in [0, 0.05) is 38.3 Å². The Morgan fingerprint density at radius 3 is 2.48 bits per heavy atom. The Labute approximate surface area is 190 Å². The van der Waals surface area contributed by atoms with Gasteiger partial charge in [0.2, 0.25) is 5.96 Å². The molecule has 2 aromatic rings. The predicted molar refractivity (Wildman–Crippen MR) is 119 cm³/mol. The predicted octanol–water partition coefficient (Wildman–Crippen LogP) is 4.19. The van der Waals surface area contributed by atoms with Crippen LogP contribution in [0.25, 0.3) is 0 Å². The second-order valence-electron chi connectivity index (χ2n) is 8.73. The number of alkyl halides is 3. The molecule has 3 aliphatic heterocycles. The molecule has 0 saturated carbocycles. The van der Waals surface area contributed by atoms with Crippen molar-refractivity contribution in [3.8, 4) is 0 Å². The van der Waals surface area contributed by atoms with E-state index in [1.807, 2.05) is 31.2 Å². The molecule has 1 amide bonds. The van der Waals surface area contributed by atoms with Gasteiger partial charge in [0.15, 0.2) is 0 Å². The minimum Gasteiger partial charge on any atom is -0.314 e. The van der Waals surface area contributed by atoms with E-state index in [1.165, 1.54) is 12.1 Å². The third kappa shape index (κ3) is 4.15. The Morgan fingerprint density at radius 2 is 1.76 bits per heavy atom. The molecule has 33 heavy (non-hydrogen) atoms. The van der Waals surface area contributed by atoms with Crippen LogP contribution < -0.4 is 0 Å². The van der Waals surface area contributed by atoms with Crippen LogP contribution in [-0.2, 0) is 24.1 Å². The standard InChI is InChI=1S/C25H25F3N4O/c1-17-4-2-3-5-19(17)15-32-23(33)21-16-30(12-10-22(21)31-13-11-29-24(31)32)14-18-6-8-20(9-7-18)25(26,27)28/h2-9H,10-16H2,1H3. The fraction of sp³-hybridized carbons (Fsp3) is 0.360. The summed E-state index contributed by atoms with van der Waals surface area (Å²) in [5, 5.41) is 0. The summed E-state index contributed by atoms with van der Waals surface area (Å²) in [6.45, 7) is 5.66. The van der Waals surface area contributed by atoms with Gasteiger partial charge in [-0.2, -0.15) is 13.2 Å². The van der Waals surface area contributed by atoms with Crippen LogP contribution >= 0.6 is 0 Å². The molecular weight excluding hydrogens is 429 g/mol. The highest BCUT2D eigenvalue weighted by atomic mass is 19.4. The number of carbonyl (C=O) groups is 1. The van der Waals surface area contributed by atoms with E-state index in [9.17, 15) is 18.0 Å². The van der Waals surface area contributed by atoms with Crippen LogP contribution in [0.5, 0.6) is 0 Å². The molecule has 5 rings (SSSR count). The van der Waals surface area contributed by atoms with Gasteiger partial charge in [-0.3, -0.25) is 19.6 Å². The van der Waals surface area contributed by atoms with E-state index in [-0.39, 0.29) is 5.91 Å². The normalized spacial score (nSPS) is 19.0. The van der Waals surface area contributed by atoms with Gasteiger partial charge in [0.1, 0.15) is 0 Å². The lowest BCUT2D eigenvalue weighted by atomic mass is 9.99. The molecule has 0 saturated heterocycles. The van der Waals surface area contributed by atoms with Gasteiger partial charge >= 0.3 is 6.18 Å². The molecule has 0 N–H and O–H groups in total. The Kier molecular flexibility index (Phi) is 5.48. The van der Waals surface area contributed by atoms with Crippen molar-refractivity contribution in [1.82, 2.24) is 14.7 Å². The van der Waals surface area contributed by atoms with Gasteiger partial charge < -0.3 is 4.90 Å². The summed E-state index contributed by atoms with van der Waals surface area (Å²) in [6.07, 6.45) is -3.62. The van der Waals surface area contributed by atoms with Gasteiger partial charge in [0.25, 0.3) is 5.91 Å². The summed E-state index contributed by atoms with van der Waals surface area (Å²) in [5.41, 5.74) is 4.17. The Morgan fingerprint density at radius 1 is 1.00 bits per heavy atom. The molecule has 0 fully saturated rings. The summed E-state index contributed by atoms with van der Waals surface area (Å²) >= 11 is 0. The number of fused-ring (bicyclic) bond motifs is 2. The SMILES string of the molecule is Cc1ccccc1CN1C(=O)C2=C(CCN(Cc3ccc(C(F)(F)F)cc3)C2)N2CCN=C12. The minimum atomic E-state index is -4.34. The summed E-state index contributed by atoms with van der Waals surface area (Å²) in [7, 11) is 0. The molecule has 0 unspecified atom stereocenters. The van der Waals surface area contributed by atoms with Crippen LogP contribution in [-0.4, -0.2) is 52.7 Å². The largest absolute Gasteiger partial charge is 0.416 e. The number of aliphatic imine (C=N–C) groups is 1. The first-order valence-electron chi connectivity index (χ1n) is 11.1. The molecule has 0 atom stereocenters. The van der Waals surface area contributed by atoms with Gasteiger partial charge in [-0.05, 0) is 35.7 Å². The molecule has 3 heterocycles. The molecule has 0 aromatic heterocycles. The van der Waals surface area contributed by atoms with Crippen LogP contribution in [0.2, 0.25) is 0 Å². The summed E-state index contributed by atoms with van der Waals surface area (Å²) in [6, 6.07) is 13.3. The summed E-state index contributed by atoms with van der Waals surface area (Å²) in [5.74, 6) is 0.709. The van der Waals surface area contributed by atoms with E-state index in [2.05, 4.69) is 14.8 Å². The summed E-state index contributed by atoms with van der Waals surface area (Å²) in [4.78, 5) is 24.3. The Balaban J connectivity index is 1.36. The average molecular weight is 454 g/mol. The first-order valence-corrected chi connectivity index (χ1v) is 11.1. The molecule has 8 heteroatoms. The third-order valence-corrected chi connectivity index (χ3v) is 6.56. The number of nitrogens with zero attached hydrogens (tertiary/aromatic N) is 4. The van der Waals surface area contributed by atoms with E-state index in [1.54, 1.807) is 4.90 Å². The van der Waals surface area contributed by atoms with Crippen molar-refractivity contribution in [2.45, 2.75) is 32.6 Å². The van der Waals surface area contributed by atoms with E-state index < -0.39 is 11.7 Å². The number of amides is 1. The monoisotopic (exact) mass is 454 g/mol. The second kappa shape index (κ2) is 8.33. The first-order chi connectivity index (χ1) is 15.8. The maximum atomic E-state index is 13.6. The molecule has 3 aliphatic rings. The molecular formula is C25H25F3N4O. The van der Waals surface area contributed by atoms with E-state index in [0.717, 1.165) is 65.6 Å². The van der Waals surface area contributed by atoms with Crippen molar-refractivity contribution in [3.63, 3.8) is 0 Å². The second-order valence-corrected chi connectivity index (χ2v) is 8.73. The van der Waals surface area contributed by atoms with Gasteiger partial charge in [-0.1, -0.05) is 36.4 Å². The number of rotatable bonds is 4. The topological polar surface area (TPSA) is 39.2 Å². The van der Waals surface area contributed by atoms with E-state index >= 15 is 0 Å². The van der Waals surface area contributed by atoms with Crippen LogP contribution in [0.15, 0.2) is 64.8 Å². The van der Waals surface area contributed by atoms with Crippen molar-refractivity contribution >= 4 is 11.9 Å². The van der Waals surface area contributed by atoms with Crippen molar-refractivity contribution in [1.29, 1.82) is 0 Å². The number of carbonyl (C=O) groups excluding carboxylic acids is 1. The number of hydrogen-bond donors (Lipinski definition) is 0. The molecule has 2 aromatic carbocycles. The zero-order valence-corrected chi connectivity index (χ0v) is 18.4. The van der Waals surface area contributed by atoms with Crippen molar-refractivity contribution < 1.29 is 18.0 Å². The maximum Gasteiger partial charge on any atom is 0.416 e. The van der Waals surface area contributed by atoms with Crippen molar-refractivity contribution in [2.24, 2.45) is 4.99 Å². The first kappa shape index (κ1) is 21.7. The van der Waals surface area contributed by atoms with Crippen LogP contribution in [0.3, 0.4) is 0 Å². The zero-order valence-electron chi connectivity index (χ0n) is 18.4. The van der Waals surface area contributed by atoms with Crippen LogP contribution in [0.4, 0.5) is 13.2 Å². The highest BCUT2D eigenvalue weighted by molar-refractivity contribution is 6.09. The number of benzene rings is 2. The number of halogens is 3. The lowest BCUT2D eigenvalue weighted by Gasteiger charge is -2.42. The zero-order chi connectivity index (χ0) is 23.2. The fourth-order valence-electron chi connectivity index (χ4n) is 4.77. The maximum absolute atomic E-state index is 13.6. The number of aryl methyl sites for hydroxylation is 1. The molecule has 0 bridgehead atoms. The minimum absolute atomic E-state index is 0.0257. The van der Waals surface area contributed by atoms with Crippen molar-refractivity contribution in [3.05, 3.63) is 82.1 Å². The quantitative estimate of drug-likeness (QED) is 0.696. The van der Waals surface area contributed by atoms with Crippen LogP contribution in [0.1, 0.15) is 28.7 Å². The molecule has 0 aliphatic carbocycles. The Bertz CT molecular complexity index is 1140. The lowest BCUT2D eigenvalue weighted by molar-refractivity contribution is -0.137. The molecule has 5 nitrogen and oxygen atoms in total.